The van der Waals surface area contributed by atoms with E-state index in [0.29, 0.717) is 28.6 Å². The number of methoxy groups -OCH3 is 4. The number of hydrogen-bond acceptors (Lipinski definition) is 7. The van der Waals surface area contributed by atoms with E-state index in [0.717, 1.165) is 5.56 Å². The zero-order chi connectivity index (χ0) is 25.8. The van der Waals surface area contributed by atoms with Gasteiger partial charge in [0.15, 0.2) is 11.4 Å². The second-order valence-electron chi connectivity index (χ2n) is 8.88. The molecule has 0 N–H and O–H groups in total. The van der Waals surface area contributed by atoms with Crippen molar-refractivity contribution in [2.45, 2.75) is 26.2 Å². The minimum atomic E-state index is -0.566. The van der Waals surface area contributed by atoms with Gasteiger partial charge in [0, 0.05) is 24.3 Å². The Kier molecular flexibility index (Phi) is 7.82. The third-order valence-electron chi connectivity index (χ3n) is 5.67. The lowest BCUT2D eigenvalue weighted by Crippen LogP contribution is -2.23. The molecule has 0 aliphatic rings. The maximum atomic E-state index is 13.1. The summed E-state index contributed by atoms with van der Waals surface area (Å²) in [6, 6.07) is 18.2. The zero-order valence-electron chi connectivity index (χ0n) is 21.2. The van der Waals surface area contributed by atoms with E-state index >= 15 is 0 Å². The molecule has 0 atom stereocenters. The molecule has 0 spiro atoms. The summed E-state index contributed by atoms with van der Waals surface area (Å²) >= 11 is 0. The Labute approximate surface area is 206 Å². The van der Waals surface area contributed by atoms with E-state index in [9.17, 15) is 9.59 Å². The van der Waals surface area contributed by atoms with Crippen LogP contribution in [0.1, 0.15) is 47.1 Å². The lowest BCUT2D eigenvalue weighted by molar-refractivity contribution is 0.0599. The van der Waals surface area contributed by atoms with Gasteiger partial charge in [0.05, 0.1) is 28.4 Å². The molecule has 3 aromatic rings. The van der Waals surface area contributed by atoms with E-state index in [2.05, 4.69) is 0 Å². The van der Waals surface area contributed by atoms with Gasteiger partial charge in [-0.25, -0.2) is 9.59 Å². The summed E-state index contributed by atoms with van der Waals surface area (Å²) < 4.78 is 20.9. The van der Waals surface area contributed by atoms with Gasteiger partial charge in [-0.3, -0.25) is 0 Å². The lowest BCUT2D eigenvalue weighted by atomic mass is 9.84. The van der Waals surface area contributed by atoms with E-state index in [1.54, 1.807) is 26.4 Å². The van der Waals surface area contributed by atoms with E-state index in [-0.39, 0.29) is 16.5 Å². The van der Waals surface area contributed by atoms with Crippen LogP contribution in [0.4, 0.5) is 17.1 Å². The van der Waals surface area contributed by atoms with Crippen molar-refractivity contribution in [1.29, 1.82) is 0 Å². The molecule has 0 bridgehead atoms. The molecule has 3 aromatic carbocycles. The first-order chi connectivity index (χ1) is 16.6. The van der Waals surface area contributed by atoms with Crippen LogP contribution in [0.25, 0.3) is 0 Å². The van der Waals surface area contributed by atoms with Gasteiger partial charge >= 0.3 is 11.9 Å². The van der Waals surface area contributed by atoms with Crippen molar-refractivity contribution in [1.82, 2.24) is 4.90 Å². The van der Waals surface area contributed by atoms with Gasteiger partial charge in [-0.15, -0.1) is 0 Å². The van der Waals surface area contributed by atoms with Gasteiger partial charge in [-0.05, 0) is 47.4 Å². The standard InChI is InChI=1S/C28H31NO6/c1-28(2,3)18-16-23(26(30)34-6)25(24(17-18)27(31)35-7)29(19-8-12-21(32-4)13-9-19)20-10-14-22(33-5)15-11-20/h8-17H,1-7H3/q+1. The summed E-state index contributed by atoms with van der Waals surface area (Å²) in [5.41, 5.74) is 2.71. The first kappa shape index (κ1) is 25.8. The molecule has 0 aliphatic carbocycles. The highest BCUT2D eigenvalue weighted by Gasteiger charge is 2.38. The van der Waals surface area contributed by atoms with Crippen LogP contribution in [0.5, 0.6) is 11.5 Å². The number of carbonyl (C=O) groups excluding carboxylic acids is 2. The summed E-state index contributed by atoms with van der Waals surface area (Å²) in [6.07, 6.45) is 0. The molecule has 3 rings (SSSR count). The second kappa shape index (κ2) is 10.6. The fourth-order valence-corrected chi connectivity index (χ4v) is 3.71. The van der Waals surface area contributed by atoms with Crippen molar-refractivity contribution >= 4 is 29.0 Å². The summed E-state index contributed by atoms with van der Waals surface area (Å²) in [5, 5.41) is 0. The largest absolute Gasteiger partial charge is 0.497 e. The monoisotopic (exact) mass is 477 g/mol. The first-order valence-electron chi connectivity index (χ1n) is 11.1. The average molecular weight is 478 g/mol. The maximum Gasteiger partial charge on any atom is 0.344 e. The molecule has 0 saturated heterocycles. The number of carbonyl (C=O) groups is 2. The van der Waals surface area contributed by atoms with Crippen molar-refractivity contribution in [3.05, 3.63) is 77.4 Å². The Morgan fingerprint density at radius 3 is 1.31 bits per heavy atom. The van der Waals surface area contributed by atoms with E-state index in [4.69, 9.17) is 18.9 Å². The molecule has 7 heteroatoms. The molecule has 0 aromatic heterocycles. The van der Waals surface area contributed by atoms with Crippen molar-refractivity contribution < 1.29 is 28.5 Å². The number of benzene rings is 3. The summed E-state index contributed by atoms with van der Waals surface area (Å²) in [7, 11) is 5.82. The van der Waals surface area contributed by atoms with Crippen LogP contribution >= 0.6 is 0 Å². The molecule has 0 unspecified atom stereocenters. The van der Waals surface area contributed by atoms with Gasteiger partial charge in [-0.1, -0.05) is 25.7 Å². The Morgan fingerprint density at radius 1 is 0.657 bits per heavy atom. The van der Waals surface area contributed by atoms with Gasteiger partial charge in [0.2, 0.25) is 5.69 Å². The average Bonchev–Trinajstić information content (AvgIpc) is 2.87. The highest BCUT2D eigenvalue weighted by Crippen LogP contribution is 2.42. The molecule has 7 nitrogen and oxygen atoms in total. The van der Waals surface area contributed by atoms with Crippen LogP contribution in [0.15, 0.2) is 60.7 Å². The summed E-state index contributed by atoms with van der Waals surface area (Å²) in [6.45, 7) is 6.03. The smallest absolute Gasteiger partial charge is 0.344 e. The molecule has 35 heavy (non-hydrogen) atoms. The highest BCUT2D eigenvalue weighted by atomic mass is 16.5. The van der Waals surface area contributed by atoms with Gasteiger partial charge in [0.25, 0.3) is 0 Å². The minimum absolute atomic E-state index is 0.243. The second-order valence-corrected chi connectivity index (χ2v) is 8.88. The quantitative estimate of drug-likeness (QED) is 0.306. The Balaban J connectivity index is 2.43. The molecule has 0 saturated carbocycles. The van der Waals surface area contributed by atoms with Crippen LogP contribution in [-0.2, 0) is 14.9 Å². The minimum Gasteiger partial charge on any atom is -0.497 e. The summed E-state index contributed by atoms with van der Waals surface area (Å²) in [4.78, 5) is 28.0. The van der Waals surface area contributed by atoms with Crippen LogP contribution in [-0.4, -0.2) is 40.4 Å². The predicted molar refractivity (Wildman–Crippen MR) is 135 cm³/mol. The fourth-order valence-electron chi connectivity index (χ4n) is 3.71. The SMILES string of the molecule is COC(=O)c1cc(C(C)(C)C)cc(C(=O)OC)c1[N+](c1ccc(OC)cc1)c1ccc(OC)cc1. The highest BCUT2D eigenvalue weighted by molar-refractivity contribution is 6.05. The van der Waals surface area contributed by atoms with Crippen LogP contribution in [0.3, 0.4) is 0 Å². The molecule has 1 radical (unpaired) electrons. The fraction of sp³-hybridized carbons (Fsp3) is 0.286. The van der Waals surface area contributed by atoms with Crippen molar-refractivity contribution in [2.24, 2.45) is 0 Å². The molecule has 0 fully saturated rings. The molecular weight excluding hydrogens is 446 g/mol. The lowest BCUT2D eigenvalue weighted by Gasteiger charge is -2.23. The predicted octanol–water partition coefficient (Wildman–Crippen LogP) is 6.01. The third kappa shape index (κ3) is 5.46. The zero-order valence-corrected chi connectivity index (χ0v) is 21.2. The normalized spacial score (nSPS) is 11.2. The Bertz CT molecular complexity index is 1110. The number of hydrogen-bond donors (Lipinski definition) is 0. The Hall–Kier alpha value is -3.84. The number of nitrogens with zero attached hydrogens (tertiary/aromatic N) is 1. The van der Waals surface area contributed by atoms with Crippen molar-refractivity contribution in [3.63, 3.8) is 0 Å². The number of rotatable bonds is 7. The third-order valence-corrected chi connectivity index (χ3v) is 5.67. The van der Waals surface area contributed by atoms with Crippen molar-refractivity contribution in [2.75, 3.05) is 28.4 Å². The molecule has 0 amide bonds. The summed E-state index contributed by atoms with van der Waals surface area (Å²) in [5.74, 6) is 0.215. The first-order valence-corrected chi connectivity index (χ1v) is 11.1. The van der Waals surface area contributed by atoms with E-state index in [1.807, 2.05) is 74.2 Å². The molecule has 0 heterocycles. The number of esters is 2. The van der Waals surface area contributed by atoms with Crippen molar-refractivity contribution in [3.8, 4) is 11.5 Å². The molecular formula is C28H31NO6+. The number of ether oxygens (including phenoxy) is 4. The van der Waals surface area contributed by atoms with Gasteiger partial charge in [0.1, 0.15) is 22.6 Å². The Morgan fingerprint density at radius 2 is 1.03 bits per heavy atom. The van der Waals surface area contributed by atoms with E-state index in [1.165, 1.54) is 14.2 Å². The molecule has 183 valence electrons. The number of anilines is 3. The van der Waals surface area contributed by atoms with Crippen LogP contribution in [0.2, 0.25) is 0 Å². The van der Waals surface area contributed by atoms with E-state index < -0.39 is 11.9 Å². The van der Waals surface area contributed by atoms with Gasteiger partial charge < -0.3 is 18.9 Å². The van der Waals surface area contributed by atoms with Gasteiger partial charge in [-0.2, -0.15) is 0 Å². The topological polar surface area (TPSA) is 77.0 Å². The van der Waals surface area contributed by atoms with Crippen LogP contribution < -0.4 is 14.4 Å². The molecule has 0 aliphatic heterocycles. The maximum absolute atomic E-state index is 13.1. The van der Waals surface area contributed by atoms with Crippen LogP contribution in [0, 0.1) is 0 Å².